The van der Waals surface area contributed by atoms with E-state index in [9.17, 15) is 9.59 Å². The number of carbonyl (C=O) groups excluding carboxylic acids is 2. The molecule has 0 spiro atoms. The molecule has 5 nitrogen and oxygen atoms in total. The number of nitrogens with zero attached hydrogens (tertiary/aromatic N) is 1. The van der Waals surface area contributed by atoms with Gasteiger partial charge in [-0.2, -0.15) is 5.26 Å². The van der Waals surface area contributed by atoms with Gasteiger partial charge in [0.15, 0.2) is 6.10 Å². The van der Waals surface area contributed by atoms with E-state index in [-0.39, 0.29) is 5.75 Å². The van der Waals surface area contributed by atoms with Gasteiger partial charge in [0.2, 0.25) is 0 Å². The van der Waals surface area contributed by atoms with E-state index in [1.165, 1.54) is 24.2 Å². The van der Waals surface area contributed by atoms with Crippen molar-refractivity contribution in [1.29, 1.82) is 5.26 Å². The second-order valence-electron chi connectivity index (χ2n) is 5.87. The van der Waals surface area contributed by atoms with E-state index in [4.69, 9.17) is 10.00 Å². The Morgan fingerprint density at radius 3 is 2.50 bits per heavy atom. The number of nitriles is 1. The Hall–Kier alpha value is -2.78. The predicted molar refractivity (Wildman–Crippen MR) is 102 cm³/mol. The van der Waals surface area contributed by atoms with Gasteiger partial charge in [0.05, 0.1) is 17.4 Å². The Labute approximate surface area is 157 Å². The van der Waals surface area contributed by atoms with Crippen molar-refractivity contribution in [2.45, 2.75) is 31.8 Å². The minimum absolute atomic E-state index is 0.137. The topological polar surface area (TPSA) is 79.2 Å². The van der Waals surface area contributed by atoms with Crippen LogP contribution in [0.4, 0.5) is 5.69 Å². The normalized spacial score (nSPS) is 11.3. The lowest BCUT2D eigenvalue weighted by molar-refractivity contribution is -0.150. The summed E-state index contributed by atoms with van der Waals surface area (Å²) in [6.07, 6.45) is -0.905. The summed E-state index contributed by atoms with van der Waals surface area (Å²) in [4.78, 5) is 25.1. The number of esters is 1. The molecule has 0 aliphatic carbocycles. The number of hydrogen-bond donors (Lipinski definition) is 1. The summed E-state index contributed by atoms with van der Waals surface area (Å²) in [5, 5.41) is 11.4. The minimum atomic E-state index is -0.905. The number of hydrogen-bond acceptors (Lipinski definition) is 5. The molecule has 1 amide bonds. The third-order valence-corrected chi connectivity index (χ3v) is 4.78. The number of nitrogens with one attached hydrogen (secondary N) is 1. The zero-order valence-corrected chi connectivity index (χ0v) is 15.7. The quantitative estimate of drug-likeness (QED) is 0.619. The van der Waals surface area contributed by atoms with Crippen LogP contribution in [0.3, 0.4) is 0 Å². The van der Waals surface area contributed by atoms with Crippen molar-refractivity contribution in [3.63, 3.8) is 0 Å². The SMILES string of the molecule is Cc1ccc(SCC(=O)O[C@H](C)C(=O)Nc2ccc(C#N)cc2)c(C)c1. The van der Waals surface area contributed by atoms with E-state index in [1.807, 2.05) is 32.0 Å². The molecule has 6 heteroatoms. The molecule has 2 rings (SSSR count). The maximum Gasteiger partial charge on any atom is 0.317 e. The second kappa shape index (κ2) is 9.07. The zero-order chi connectivity index (χ0) is 19.1. The fourth-order valence-corrected chi connectivity index (χ4v) is 3.05. The molecule has 0 aliphatic rings. The molecular formula is C20H20N2O3S. The molecule has 0 aliphatic heterocycles. The third-order valence-electron chi connectivity index (χ3n) is 3.63. The highest BCUT2D eigenvalue weighted by atomic mass is 32.2. The Balaban J connectivity index is 1.83. The lowest BCUT2D eigenvalue weighted by Crippen LogP contribution is -2.30. The van der Waals surface area contributed by atoms with Gasteiger partial charge in [-0.25, -0.2) is 0 Å². The molecule has 1 atom stereocenters. The van der Waals surface area contributed by atoms with E-state index in [1.54, 1.807) is 24.3 Å². The Morgan fingerprint density at radius 1 is 1.19 bits per heavy atom. The van der Waals surface area contributed by atoms with Crippen molar-refractivity contribution >= 4 is 29.3 Å². The van der Waals surface area contributed by atoms with Gasteiger partial charge in [0, 0.05) is 10.6 Å². The molecule has 2 aromatic carbocycles. The van der Waals surface area contributed by atoms with Gasteiger partial charge >= 0.3 is 5.97 Å². The van der Waals surface area contributed by atoms with E-state index >= 15 is 0 Å². The standard InChI is InChI=1S/C20H20N2O3S/c1-13-4-9-18(14(2)10-13)26-12-19(23)25-15(3)20(24)22-17-7-5-16(11-21)6-8-17/h4-10,15H,12H2,1-3H3,(H,22,24)/t15-/m1/s1. The summed E-state index contributed by atoms with van der Waals surface area (Å²) in [6.45, 7) is 5.54. The average molecular weight is 368 g/mol. The molecular weight excluding hydrogens is 348 g/mol. The van der Waals surface area contributed by atoms with Crippen LogP contribution in [0.2, 0.25) is 0 Å². The second-order valence-corrected chi connectivity index (χ2v) is 6.89. The van der Waals surface area contributed by atoms with Gasteiger partial charge in [-0.15, -0.1) is 11.8 Å². The number of aryl methyl sites for hydroxylation is 2. The molecule has 0 saturated heterocycles. The van der Waals surface area contributed by atoms with E-state index in [2.05, 4.69) is 11.4 Å². The third kappa shape index (κ3) is 5.64. The van der Waals surface area contributed by atoms with Gasteiger partial charge in [-0.3, -0.25) is 9.59 Å². The summed E-state index contributed by atoms with van der Waals surface area (Å²) >= 11 is 1.39. The van der Waals surface area contributed by atoms with Crippen molar-refractivity contribution in [3.8, 4) is 6.07 Å². The number of ether oxygens (including phenoxy) is 1. The minimum Gasteiger partial charge on any atom is -0.452 e. The van der Waals surface area contributed by atoms with Crippen LogP contribution in [0.1, 0.15) is 23.6 Å². The van der Waals surface area contributed by atoms with E-state index in [0.29, 0.717) is 11.3 Å². The van der Waals surface area contributed by atoms with Gasteiger partial charge in [-0.1, -0.05) is 17.7 Å². The van der Waals surface area contributed by atoms with Gasteiger partial charge in [0.1, 0.15) is 0 Å². The first-order chi connectivity index (χ1) is 12.4. The van der Waals surface area contributed by atoms with Crippen LogP contribution in [-0.2, 0) is 14.3 Å². The molecule has 0 radical (unpaired) electrons. The molecule has 0 aromatic heterocycles. The van der Waals surface area contributed by atoms with Crippen molar-refractivity contribution in [3.05, 3.63) is 59.2 Å². The molecule has 0 saturated carbocycles. The molecule has 0 unspecified atom stereocenters. The van der Waals surface area contributed by atoms with Crippen LogP contribution in [0.15, 0.2) is 47.4 Å². The van der Waals surface area contributed by atoms with Gasteiger partial charge < -0.3 is 10.1 Å². The van der Waals surface area contributed by atoms with Crippen molar-refractivity contribution in [1.82, 2.24) is 0 Å². The number of benzene rings is 2. The fraction of sp³-hybridized carbons (Fsp3) is 0.250. The predicted octanol–water partition coefficient (Wildman–Crippen LogP) is 3.84. The van der Waals surface area contributed by atoms with Crippen LogP contribution >= 0.6 is 11.8 Å². The summed E-state index contributed by atoms with van der Waals surface area (Å²) in [5.41, 5.74) is 3.32. The highest BCUT2D eigenvalue weighted by Crippen LogP contribution is 2.23. The lowest BCUT2D eigenvalue weighted by atomic mass is 10.2. The Bertz CT molecular complexity index is 841. The maximum absolute atomic E-state index is 12.1. The van der Waals surface area contributed by atoms with Gasteiger partial charge in [-0.05, 0) is 56.7 Å². The molecule has 134 valence electrons. The monoisotopic (exact) mass is 368 g/mol. The van der Waals surface area contributed by atoms with Crippen LogP contribution in [0, 0.1) is 25.2 Å². The molecule has 0 fully saturated rings. The first-order valence-electron chi connectivity index (χ1n) is 8.09. The average Bonchev–Trinajstić information content (AvgIpc) is 2.61. The summed E-state index contributed by atoms with van der Waals surface area (Å²) < 4.78 is 5.19. The Kier molecular flexibility index (Phi) is 6.81. The van der Waals surface area contributed by atoms with Crippen LogP contribution in [-0.4, -0.2) is 23.7 Å². The van der Waals surface area contributed by atoms with Crippen molar-refractivity contribution in [2.24, 2.45) is 0 Å². The highest BCUT2D eigenvalue weighted by molar-refractivity contribution is 8.00. The number of thioether (sulfide) groups is 1. The zero-order valence-electron chi connectivity index (χ0n) is 14.9. The number of anilines is 1. The van der Waals surface area contributed by atoms with Crippen molar-refractivity contribution < 1.29 is 14.3 Å². The fourth-order valence-electron chi connectivity index (χ4n) is 2.25. The first kappa shape index (κ1) is 19.5. The van der Waals surface area contributed by atoms with Crippen LogP contribution < -0.4 is 5.32 Å². The number of amides is 1. The van der Waals surface area contributed by atoms with Crippen LogP contribution in [0.25, 0.3) is 0 Å². The lowest BCUT2D eigenvalue weighted by Gasteiger charge is -2.14. The molecule has 0 heterocycles. The largest absolute Gasteiger partial charge is 0.452 e. The summed E-state index contributed by atoms with van der Waals surface area (Å²) in [6, 6.07) is 14.5. The summed E-state index contributed by atoms with van der Waals surface area (Å²) in [5.74, 6) is -0.727. The molecule has 26 heavy (non-hydrogen) atoms. The van der Waals surface area contributed by atoms with E-state index in [0.717, 1.165) is 10.5 Å². The molecule has 2 aromatic rings. The van der Waals surface area contributed by atoms with E-state index < -0.39 is 18.0 Å². The summed E-state index contributed by atoms with van der Waals surface area (Å²) in [7, 11) is 0. The molecule has 1 N–H and O–H groups in total. The smallest absolute Gasteiger partial charge is 0.317 e. The maximum atomic E-state index is 12.1. The molecule has 0 bridgehead atoms. The number of carbonyl (C=O) groups is 2. The van der Waals surface area contributed by atoms with Crippen LogP contribution in [0.5, 0.6) is 0 Å². The van der Waals surface area contributed by atoms with Crippen molar-refractivity contribution in [2.75, 3.05) is 11.1 Å². The van der Waals surface area contributed by atoms with Gasteiger partial charge in [0.25, 0.3) is 5.91 Å². The Morgan fingerprint density at radius 2 is 1.88 bits per heavy atom. The highest BCUT2D eigenvalue weighted by Gasteiger charge is 2.18. The number of rotatable bonds is 6. The first-order valence-corrected chi connectivity index (χ1v) is 9.08.